The van der Waals surface area contributed by atoms with Crippen molar-refractivity contribution in [1.82, 2.24) is 5.32 Å². The van der Waals surface area contributed by atoms with Crippen LogP contribution >= 0.6 is 0 Å². The summed E-state index contributed by atoms with van der Waals surface area (Å²) in [6, 6.07) is 7.05. The van der Waals surface area contributed by atoms with Gasteiger partial charge in [0.25, 0.3) is 0 Å². The fourth-order valence-electron chi connectivity index (χ4n) is 1.52. The Morgan fingerprint density at radius 3 is 2.89 bits per heavy atom. The lowest BCUT2D eigenvalue weighted by atomic mass is 10.2. The molecular formula is C13H21N3O2. The van der Waals surface area contributed by atoms with Crippen LogP contribution in [0.3, 0.4) is 0 Å². The van der Waals surface area contributed by atoms with Gasteiger partial charge < -0.3 is 21.1 Å². The van der Waals surface area contributed by atoms with Crippen LogP contribution < -0.4 is 21.1 Å². The second kappa shape index (κ2) is 8.36. The van der Waals surface area contributed by atoms with Crippen LogP contribution in [0.1, 0.15) is 19.3 Å². The molecule has 0 unspecified atom stereocenters. The SMILES string of the molecule is COc1cccc(NC(=O)NCCCCCN)c1. The number of carbonyl (C=O) groups is 1. The first-order chi connectivity index (χ1) is 8.76. The van der Waals surface area contributed by atoms with Gasteiger partial charge in [-0.3, -0.25) is 0 Å². The fourth-order valence-corrected chi connectivity index (χ4v) is 1.52. The second-order valence-corrected chi connectivity index (χ2v) is 3.96. The maximum atomic E-state index is 11.6. The van der Waals surface area contributed by atoms with E-state index in [9.17, 15) is 4.79 Å². The molecule has 4 N–H and O–H groups in total. The molecule has 0 bridgehead atoms. The Morgan fingerprint density at radius 2 is 2.17 bits per heavy atom. The number of nitrogens with two attached hydrogens (primary N) is 1. The normalized spacial score (nSPS) is 9.89. The van der Waals surface area contributed by atoms with Gasteiger partial charge in [0.1, 0.15) is 5.75 Å². The molecule has 1 aromatic carbocycles. The quantitative estimate of drug-likeness (QED) is 0.648. The number of hydrogen-bond acceptors (Lipinski definition) is 3. The summed E-state index contributed by atoms with van der Waals surface area (Å²) in [5, 5.41) is 5.55. The van der Waals surface area contributed by atoms with Crippen LogP contribution in [0.2, 0.25) is 0 Å². The van der Waals surface area contributed by atoms with Gasteiger partial charge in [-0.2, -0.15) is 0 Å². The molecule has 100 valence electrons. The highest BCUT2D eigenvalue weighted by atomic mass is 16.5. The molecule has 0 aliphatic heterocycles. The number of unbranched alkanes of at least 4 members (excludes halogenated alkanes) is 2. The number of amides is 2. The van der Waals surface area contributed by atoms with Crippen LogP contribution in [-0.2, 0) is 0 Å². The van der Waals surface area contributed by atoms with E-state index < -0.39 is 0 Å². The number of nitrogens with one attached hydrogen (secondary N) is 2. The fraction of sp³-hybridized carbons (Fsp3) is 0.462. The zero-order valence-corrected chi connectivity index (χ0v) is 10.7. The van der Waals surface area contributed by atoms with Crippen LogP contribution in [0.15, 0.2) is 24.3 Å². The third-order valence-corrected chi connectivity index (χ3v) is 2.49. The first-order valence-corrected chi connectivity index (χ1v) is 6.15. The summed E-state index contributed by atoms with van der Waals surface area (Å²) < 4.78 is 5.08. The first kappa shape index (κ1) is 14.3. The molecule has 5 nitrogen and oxygen atoms in total. The second-order valence-electron chi connectivity index (χ2n) is 3.96. The van der Waals surface area contributed by atoms with E-state index in [1.807, 2.05) is 18.2 Å². The third kappa shape index (κ3) is 5.54. The maximum absolute atomic E-state index is 11.6. The molecule has 0 aliphatic carbocycles. The van der Waals surface area contributed by atoms with E-state index in [4.69, 9.17) is 10.5 Å². The number of methoxy groups -OCH3 is 1. The standard InChI is InChI=1S/C13H21N3O2/c1-18-12-7-5-6-11(10-12)16-13(17)15-9-4-2-3-8-14/h5-7,10H,2-4,8-9,14H2,1H3,(H2,15,16,17). The summed E-state index contributed by atoms with van der Waals surface area (Å²) in [6.45, 7) is 1.37. The molecule has 0 aliphatic rings. The number of urea groups is 1. The summed E-state index contributed by atoms with van der Waals surface area (Å²) in [7, 11) is 1.59. The van der Waals surface area contributed by atoms with Gasteiger partial charge in [-0.15, -0.1) is 0 Å². The highest BCUT2D eigenvalue weighted by molar-refractivity contribution is 5.89. The summed E-state index contributed by atoms with van der Waals surface area (Å²) >= 11 is 0. The average Bonchev–Trinajstić information content (AvgIpc) is 2.38. The summed E-state index contributed by atoms with van der Waals surface area (Å²) in [5.41, 5.74) is 6.10. The Bertz CT molecular complexity index is 369. The topological polar surface area (TPSA) is 76.4 Å². The maximum Gasteiger partial charge on any atom is 0.319 e. The molecule has 0 saturated carbocycles. The first-order valence-electron chi connectivity index (χ1n) is 6.15. The molecule has 18 heavy (non-hydrogen) atoms. The molecule has 0 spiro atoms. The van der Waals surface area contributed by atoms with E-state index in [1.165, 1.54) is 0 Å². The highest BCUT2D eigenvalue weighted by Gasteiger charge is 2.01. The van der Waals surface area contributed by atoms with Crippen molar-refractivity contribution in [1.29, 1.82) is 0 Å². The van der Waals surface area contributed by atoms with Gasteiger partial charge in [0.15, 0.2) is 0 Å². The predicted molar refractivity (Wildman–Crippen MR) is 72.9 cm³/mol. The summed E-state index contributed by atoms with van der Waals surface area (Å²) in [5.74, 6) is 0.718. The molecule has 0 atom stereocenters. The van der Waals surface area contributed by atoms with Crippen LogP contribution in [0.4, 0.5) is 10.5 Å². The molecular weight excluding hydrogens is 230 g/mol. The Morgan fingerprint density at radius 1 is 1.33 bits per heavy atom. The monoisotopic (exact) mass is 251 g/mol. The zero-order valence-electron chi connectivity index (χ0n) is 10.7. The molecule has 0 fully saturated rings. The lowest BCUT2D eigenvalue weighted by Gasteiger charge is -2.08. The van der Waals surface area contributed by atoms with Crippen LogP contribution in [0.25, 0.3) is 0 Å². The third-order valence-electron chi connectivity index (χ3n) is 2.49. The predicted octanol–water partition coefficient (Wildman–Crippen LogP) is 1.95. The molecule has 0 radical (unpaired) electrons. The van der Waals surface area contributed by atoms with Crippen molar-refractivity contribution in [3.63, 3.8) is 0 Å². The minimum absolute atomic E-state index is 0.198. The molecule has 1 rings (SSSR count). The van der Waals surface area contributed by atoms with Gasteiger partial charge in [0.2, 0.25) is 0 Å². The van der Waals surface area contributed by atoms with Gasteiger partial charge in [-0.1, -0.05) is 12.5 Å². The van der Waals surface area contributed by atoms with Crippen LogP contribution in [-0.4, -0.2) is 26.2 Å². The van der Waals surface area contributed by atoms with E-state index >= 15 is 0 Å². The number of carbonyl (C=O) groups excluding carboxylic acids is 1. The lowest BCUT2D eigenvalue weighted by Crippen LogP contribution is -2.29. The average molecular weight is 251 g/mol. The van der Waals surface area contributed by atoms with Crippen molar-refractivity contribution in [2.45, 2.75) is 19.3 Å². The van der Waals surface area contributed by atoms with E-state index in [2.05, 4.69) is 10.6 Å². The highest BCUT2D eigenvalue weighted by Crippen LogP contribution is 2.16. The van der Waals surface area contributed by atoms with E-state index in [1.54, 1.807) is 13.2 Å². The molecule has 5 heteroatoms. The number of rotatable bonds is 7. The Balaban J connectivity index is 2.26. The molecule has 2 amide bonds. The van der Waals surface area contributed by atoms with Gasteiger partial charge in [0, 0.05) is 18.3 Å². The number of ether oxygens (including phenoxy) is 1. The van der Waals surface area contributed by atoms with Crippen molar-refractivity contribution in [3.05, 3.63) is 24.3 Å². The van der Waals surface area contributed by atoms with E-state index in [-0.39, 0.29) is 6.03 Å². The smallest absolute Gasteiger partial charge is 0.319 e. The van der Waals surface area contributed by atoms with Crippen LogP contribution in [0.5, 0.6) is 5.75 Å². The number of hydrogen-bond donors (Lipinski definition) is 3. The zero-order chi connectivity index (χ0) is 13.2. The minimum atomic E-state index is -0.198. The molecule has 0 heterocycles. The van der Waals surface area contributed by atoms with Gasteiger partial charge >= 0.3 is 6.03 Å². The van der Waals surface area contributed by atoms with Gasteiger partial charge in [-0.05, 0) is 31.5 Å². The Kier molecular flexibility index (Phi) is 6.64. The molecule has 0 saturated heterocycles. The summed E-state index contributed by atoms with van der Waals surface area (Å²) in [6.07, 6.45) is 2.98. The Labute approximate surface area is 108 Å². The van der Waals surface area contributed by atoms with Crippen molar-refractivity contribution < 1.29 is 9.53 Å². The van der Waals surface area contributed by atoms with Gasteiger partial charge in [0.05, 0.1) is 7.11 Å². The largest absolute Gasteiger partial charge is 0.497 e. The minimum Gasteiger partial charge on any atom is -0.497 e. The van der Waals surface area contributed by atoms with Crippen molar-refractivity contribution in [3.8, 4) is 5.75 Å². The number of anilines is 1. The van der Waals surface area contributed by atoms with Crippen molar-refractivity contribution >= 4 is 11.7 Å². The molecule has 0 aromatic heterocycles. The number of benzene rings is 1. The lowest BCUT2D eigenvalue weighted by molar-refractivity contribution is 0.252. The van der Waals surface area contributed by atoms with E-state index in [0.29, 0.717) is 18.8 Å². The van der Waals surface area contributed by atoms with Gasteiger partial charge in [-0.25, -0.2) is 4.79 Å². The van der Waals surface area contributed by atoms with Crippen LogP contribution in [0, 0.1) is 0 Å². The van der Waals surface area contributed by atoms with Crippen molar-refractivity contribution in [2.24, 2.45) is 5.73 Å². The van der Waals surface area contributed by atoms with Crippen molar-refractivity contribution in [2.75, 3.05) is 25.5 Å². The summed E-state index contributed by atoms with van der Waals surface area (Å²) in [4.78, 5) is 11.6. The molecule has 1 aromatic rings. The Hall–Kier alpha value is -1.75. The van der Waals surface area contributed by atoms with E-state index in [0.717, 1.165) is 25.0 Å².